The number of aromatic nitrogens is 1. The lowest BCUT2D eigenvalue weighted by atomic mass is 10.2. The average molecular weight is 372 g/mol. The molecule has 1 unspecified atom stereocenters. The molecule has 7 heteroatoms. The Morgan fingerprint density at radius 1 is 1.15 bits per heavy atom. The van der Waals surface area contributed by atoms with Crippen LogP contribution < -0.4 is 14.8 Å². The fourth-order valence-electron chi connectivity index (χ4n) is 2.25. The second-order valence-corrected chi connectivity index (χ2v) is 6.30. The first-order valence-corrected chi connectivity index (χ1v) is 8.77. The molecule has 0 radical (unpaired) electrons. The number of hydrogen-bond acceptors (Lipinski definition) is 5. The van der Waals surface area contributed by atoms with Crippen LogP contribution in [0.4, 0.5) is 9.52 Å². The van der Waals surface area contributed by atoms with Gasteiger partial charge in [-0.1, -0.05) is 12.1 Å². The van der Waals surface area contributed by atoms with Gasteiger partial charge in [0.25, 0.3) is 5.91 Å². The number of anilines is 1. The molecule has 0 aliphatic carbocycles. The Labute approximate surface area is 154 Å². The molecular weight excluding hydrogens is 355 g/mol. The van der Waals surface area contributed by atoms with Gasteiger partial charge in [-0.2, -0.15) is 0 Å². The smallest absolute Gasteiger partial charge is 0.266 e. The number of rotatable bonds is 6. The van der Waals surface area contributed by atoms with Crippen molar-refractivity contribution < 1.29 is 18.7 Å². The first kappa shape index (κ1) is 17.9. The molecule has 0 aliphatic rings. The van der Waals surface area contributed by atoms with Crippen LogP contribution >= 0.6 is 11.3 Å². The lowest BCUT2D eigenvalue weighted by molar-refractivity contribution is -0.122. The number of nitrogens with one attached hydrogen (secondary N) is 1. The predicted octanol–water partition coefficient (Wildman–Crippen LogP) is 4.36. The summed E-state index contributed by atoms with van der Waals surface area (Å²) >= 11 is 1.29. The number of hydrogen-bond donors (Lipinski definition) is 1. The Morgan fingerprint density at radius 2 is 1.85 bits per heavy atom. The lowest BCUT2D eigenvalue weighted by Crippen LogP contribution is -2.30. The van der Waals surface area contributed by atoms with Gasteiger partial charge in [-0.25, -0.2) is 9.37 Å². The summed E-state index contributed by atoms with van der Waals surface area (Å²) in [6.07, 6.45) is -0.732. The van der Waals surface area contributed by atoms with Gasteiger partial charge in [0.05, 0.1) is 12.8 Å². The Balaban J connectivity index is 1.65. The summed E-state index contributed by atoms with van der Waals surface area (Å²) in [6, 6.07) is 13.1. The third-order valence-corrected chi connectivity index (χ3v) is 4.37. The molecule has 1 aromatic heterocycles. The molecule has 1 heterocycles. The van der Waals surface area contributed by atoms with Gasteiger partial charge in [-0.15, -0.1) is 11.3 Å². The maximum absolute atomic E-state index is 13.0. The van der Waals surface area contributed by atoms with E-state index in [-0.39, 0.29) is 11.7 Å². The van der Waals surface area contributed by atoms with E-state index in [1.807, 2.05) is 6.07 Å². The van der Waals surface area contributed by atoms with Gasteiger partial charge in [0.2, 0.25) is 0 Å². The van der Waals surface area contributed by atoms with Crippen molar-refractivity contribution in [3.63, 3.8) is 0 Å². The van der Waals surface area contributed by atoms with Crippen molar-refractivity contribution in [3.8, 4) is 22.8 Å². The van der Waals surface area contributed by atoms with E-state index in [0.29, 0.717) is 22.3 Å². The van der Waals surface area contributed by atoms with Crippen LogP contribution in [-0.4, -0.2) is 24.1 Å². The van der Waals surface area contributed by atoms with Gasteiger partial charge in [0, 0.05) is 10.9 Å². The molecular formula is C19H17FN2O3S. The monoisotopic (exact) mass is 372 g/mol. The normalized spacial score (nSPS) is 11.7. The highest BCUT2D eigenvalue weighted by molar-refractivity contribution is 7.14. The minimum Gasteiger partial charge on any atom is -0.493 e. The number of methoxy groups -OCH3 is 1. The van der Waals surface area contributed by atoms with E-state index in [1.165, 1.54) is 23.5 Å². The molecule has 3 rings (SSSR count). The van der Waals surface area contributed by atoms with Crippen LogP contribution in [0.5, 0.6) is 11.5 Å². The molecule has 1 atom stereocenters. The van der Waals surface area contributed by atoms with Gasteiger partial charge < -0.3 is 9.47 Å². The first-order valence-electron chi connectivity index (χ1n) is 7.89. The van der Waals surface area contributed by atoms with Gasteiger partial charge >= 0.3 is 0 Å². The number of amides is 1. The number of benzene rings is 2. The van der Waals surface area contributed by atoms with Crippen LogP contribution in [0.15, 0.2) is 53.9 Å². The number of para-hydroxylation sites is 2. The van der Waals surface area contributed by atoms with E-state index in [9.17, 15) is 9.18 Å². The van der Waals surface area contributed by atoms with E-state index < -0.39 is 6.10 Å². The Morgan fingerprint density at radius 3 is 2.54 bits per heavy atom. The van der Waals surface area contributed by atoms with Crippen LogP contribution in [0, 0.1) is 5.82 Å². The fraction of sp³-hybridized carbons (Fsp3) is 0.158. The van der Waals surface area contributed by atoms with E-state index in [0.717, 1.165) is 5.56 Å². The Hall–Kier alpha value is -2.93. The van der Waals surface area contributed by atoms with Crippen LogP contribution in [0.25, 0.3) is 11.3 Å². The van der Waals surface area contributed by atoms with Crippen molar-refractivity contribution in [1.82, 2.24) is 4.98 Å². The fourth-order valence-corrected chi connectivity index (χ4v) is 2.97. The molecule has 0 saturated carbocycles. The highest BCUT2D eigenvalue weighted by Crippen LogP contribution is 2.28. The van der Waals surface area contributed by atoms with Gasteiger partial charge in [0.1, 0.15) is 5.82 Å². The van der Waals surface area contributed by atoms with Crippen LogP contribution in [0.3, 0.4) is 0 Å². The number of halogens is 1. The van der Waals surface area contributed by atoms with Gasteiger partial charge in [-0.05, 0) is 43.3 Å². The number of ether oxygens (including phenoxy) is 2. The molecule has 3 aromatic rings. The summed E-state index contributed by atoms with van der Waals surface area (Å²) in [6.45, 7) is 1.65. The van der Waals surface area contributed by atoms with Gasteiger partial charge in [0.15, 0.2) is 22.7 Å². The SMILES string of the molecule is COc1ccccc1OC(C)C(=O)Nc1nc(-c2ccc(F)cc2)cs1. The zero-order chi connectivity index (χ0) is 18.5. The molecule has 134 valence electrons. The van der Waals surface area contributed by atoms with E-state index in [4.69, 9.17) is 9.47 Å². The topological polar surface area (TPSA) is 60.5 Å². The van der Waals surface area contributed by atoms with Crippen molar-refractivity contribution in [2.75, 3.05) is 12.4 Å². The highest BCUT2D eigenvalue weighted by atomic mass is 32.1. The molecule has 0 spiro atoms. The number of thiazole rings is 1. The van der Waals surface area contributed by atoms with Crippen molar-refractivity contribution >= 4 is 22.4 Å². The number of carbonyl (C=O) groups is 1. The lowest BCUT2D eigenvalue weighted by Gasteiger charge is -2.15. The number of carbonyl (C=O) groups excluding carboxylic acids is 1. The quantitative estimate of drug-likeness (QED) is 0.698. The molecule has 5 nitrogen and oxygen atoms in total. The molecule has 0 aliphatic heterocycles. The average Bonchev–Trinajstić information content (AvgIpc) is 3.11. The Bertz CT molecular complexity index is 896. The van der Waals surface area contributed by atoms with Crippen molar-refractivity contribution in [2.24, 2.45) is 0 Å². The largest absolute Gasteiger partial charge is 0.493 e. The third kappa shape index (κ3) is 4.18. The molecule has 26 heavy (non-hydrogen) atoms. The van der Waals surface area contributed by atoms with Crippen molar-refractivity contribution in [1.29, 1.82) is 0 Å². The molecule has 1 amide bonds. The van der Waals surface area contributed by atoms with Crippen LogP contribution in [0.2, 0.25) is 0 Å². The van der Waals surface area contributed by atoms with Gasteiger partial charge in [-0.3, -0.25) is 10.1 Å². The standard InChI is InChI=1S/C19H17FN2O3S/c1-12(25-17-6-4-3-5-16(17)24-2)18(23)22-19-21-15(11-26-19)13-7-9-14(20)10-8-13/h3-12H,1-2H3,(H,21,22,23). The zero-order valence-corrected chi connectivity index (χ0v) is 15.0. The minimum atomic E-state index is -0.732. The van der Waals surface area contributed by atoms with E-state index in [2.05, 4.69) is 10.3 Å². The summed E-state index contributed by atoms with van der Waals surface area (Å²) in [4.78, 5) is 16.7. The summed E-state index contributed by atoms with van der Waals surface area (Å²) in [5.74, 6) is 0.416. The summed E-state index contributed by atoms with van der Waals surface area (Å²) < 4.78 is 23.9. The molecule has 0 bridgehead atoms. The summed E-state index contributed by atoms with van der Waals surface area (Å²) in [5, 5.41) is 4.98. The van der Waals surface area contributed by atoms with E-state index >= 15 is 0 Å². The highest BCUT2D eigenvalue weighted by Gasteiger charge is 2.18. The Kier molecular flexibility index (Phi) is 5.48. The maximum atomic E-state index is 13.0. The molecule has 0 fully saturated rings. The molecule has 0 saturated heterocycles. The van der Waals surface area contributed by atoms with Crippen molar-refractivity contribution in [2.45, 2.75) is 13.0 Å². The summed E-state index contributed by atoms with van der Waals surface area (Å²) in [5.41, 5.74) is 1.45. The minimum absolute atomic E-state index is 0.306. The van der Waals surface area contributed by atoms with Crippen LogP contribution in [0.1, 0.15) is 6.92 Å². The van der Waals surface area contributed by atoms with E-state index in [1.54, 1.807) is 49.7 Å². The summed E-state index contributed by atoms with van der Waals surface area (Å²) in [7, 11) is 1.54. The number of nitrogens with zero attached hydrogens (tertiary/aromatic N) is 1. The maximum Gasteiger partial charge on any atom is 0.266 e. The van der Waals surface area contributed by atoms with Crippen molar-refractivity contribution in [3.05, 3.63) is 59.7 Å². The zero-order valence-electron chi connectivity index (χ0n) is 14.2. The van der Waals surface area contributed by atoms with Crippen LogP contribution in [-0.2, 0) is 4.79 Å². The first-order chi connectivity index (χ1) is 12.6. The molecule has 1 N–H and O–H groups in total. The second-order valence-electron chi connectivity index (χ2n) is 5.44. The molecule has 2 aromatic carbocycles. The predicted molar refractivity (Wildman–Crippen MR) is 99.2 cm³/mol. The second kappa shape index (κ2) is 7.97. The third-order valence-electron chi connectivity index (χ3n) is 3.62.